The summed E-state index contributed by atoms with van der Waals surface area (Å²) in [5.41, 5.74) is 0.505. The van der Waals surface area contributed by atoms with Crippen LogP contribution >= 0.6 is 0 Å². The minimum atomic E-state index is 0.0986. The molecular formula is C28H52O2. The zero-order valence-corrected chi connectivity index (χ0v) is 20.9. The Labute approximate surface area is 187 Å². The van der Waals surface area contributed by atoms with Gasteiger partial charge in [-0.2, -0.15) is 0 Å². The molecule has 0 bridgehead atoms. The smallest absolute Gasteiger partial charge is 0.0930 e. The second kappa shape index (κ2) is 11.2. The summed E-state index contributed by atoms with van der Waals surface area (Å²) < 4.78 is 0. The first kappa shape index (κ1) is 24.6. The Balaban J connectivity index is 1.55. The maximum Gasteiger partial charge on any atom is 0.0930 e. The number of rotatable bonds is 10. The van der Waals surface area contributed by atoms with Gasteiger partial charge in [0.2, 0.25) is 0 Å². The molecular weight excluding hydrogens is 368 g/mol. The zero-order valence-electron chi connectivity index (χ0n) is 20.9. The molecule has 3 aliphatic rings. The van der Waals surface area contributed by atoms with E-state index in [2.05, 4.69) is 34.6 Å². The normalized spacial score (nSPS) is 38.7. The third kappa shape index (κ3) is 5.64. The van der Waals surface area contributed by atoms with E-state index in [1.165, 1.54) is 77.0 Å². The standard InChI is InChI=1S/C28H52O2/c1-6-22(21(4)10-7-9-20(2)3)13-14-23-11-8-12-27-26(23)16-15-24-19-25(30-29)17-18-28(24,27)5/h20-27,29H,6-19H2,1-5H3/t21-,22-,23+,24?,25+,26+,27+,28+/m1/s1. The van der Waals surface area contributed by atoms with Crippen LogP contribution in [0.3, 0.4) is 0 Å². The van der Waals surface area contributed by atoms with Crippen LogP contribution < -0.4 is 0 Å². The first-order valence-electron chi connectivity index (χ1n) is 13.7. The molecule has 3 saturated carbocycles. The van der Waals surface area contributed by atoms with Gasteiger partial charge in [-0.1, -0.05) is 73.1 Å². The van der Waals surface area contributed by atoms with Gasteiger partial charge in [0.25, 0.3) is 0 Å². The van der Waals surface area contributed by atoms with E-state index in [4.69, 9.17) is 4.89 Å². The number of hydrogen-bond donors (Lipinski definition) is 1. The van der Waals surface area contributed by atoms with Gasteiger partial charge in [-0.3, -0.25) is 5.26 Å². The van der Waals surface area contributed by atoms with E-state index >= 15 is 0 Å². The summed E-state index contributed by atoms with van der Waals surface area (Å²) in [4.78, 5) is 4.78. The summed E-state index contributed by atoms with van der Waals surface area (Å²) in [5, 5.41) is 9.21. The fraction of sp³-hybridized carbons (Fsp3) is 1.00. The lowest BCUT2D eigenvalue weighted by atomic mass is 9.47. The van der Waals surface area contributed by atoms with Gasteiger partial charge in [0, 0.05) is 0 Å². The van der Waals surface area contributed by atoms with Crippen LogP contribution in [0.15, 0.2) is 0 Å². The van der Waals surface area contributed by atoms with Gasteiger partial charge >= 0.3 is 0 Å². The lowest BCUT2D eigenvalue weighted by Gasteiger charge is -2.58. The van der Waals surface area contributed by atoms with Crippen molar-refractivity contribution in [3.8, 4) is 0 Å². The van der Waals surface area contributed by atoms with Crippen molar-refractivity contribution in [1.82, 2.24) is 0 Å². The highest BCUT2D eigenvalue weighted by Crippen LogP contribution is 2.60. The van der Waals surface area contributed by atoms with Gasteiger partial charge in [-0.05, 0) is 98.2 Å². The molecule has 3 rings (SSSR count). The second-order valence-corrected chi connectivity index (χ2v) is 12.3. The van der Waals surface area contributed by atoms with E-state index in [0.717, 1.165) is 54.3 Å². The Morgan fingerprint density at radius 1 is 1.00 bits per heavy atom. The highest BCUT2D eigenvalue weighted by molar-refractivity contribution is 5.02. The van der Waals surface area contributed by atoms with Crippen molar-refractivity contribution in [1.29, 1.82) is 0 Å². The quantitative estimate of drug-likeness (QED) is 0.283. The summed E-state index contributed by atoms with van der Waals surface area (Å²) in [6, 6.07) is 0. The molecule has 2 nitrogen and oxygen atoms in total. The van der Waals surface area contributed by atoms with Gasteiger partial charge in [0.05, 0.1) is 6.10 Å². The van der Waals surface area contributed by atoms with Crippen LogP contribution in [-0.2, 0) is 4.89 Å². The number of hydrogen-bond acceptors (Lipinski definition) is 2. The molecule has 0 radical (unpaired) electrons. The van der Waals surface area contributed by atoms with E-state index in [9.17, 15) is 5.26 Å². The van der Waals surface area contributed by atoms with E-state index in [1.807, 2.05) is 0 Å². The maximum absolute atomic E-state index is 9.21. The minimum Gasteiger partial charge on any atom is -0.252 e. The summed E-state index contributed by atoms with van der Waals surface area (Å²) in [7, 11) is 0. The molecule has 0 spiro atoms. The predicted molar refractivity (Wildman–Crippen MR) is 127 cm³/mol. The van der Waals surface area contributed by atoms with Crippen LogP contribution in [0.2, 0.25) is 0 Å². The van der Waals surface area contributed by atoms with E-state index in [0.29, 0.717) is 5.41 Å². The molecule has 0 aromatic carbocycles. The molecule has 2 heteroatoms. The molecule has 0 aromatic heterocycles. The lowest BCUT2D eigenvalue weighted by Crippen LogP contribution is -2.51. The molecule has 0 heterocycles. The van der Waals surface area contributed by atoms with Gasteiger partial charge in [-0.15, -0.1) is 0 Å². The fourth-order valence-corrected chi connectivity index (χ4v) is 8.18. The number of fused-ring (bicyclic) bond motifs is 3. The fourth-order valence-electron chi connectivity index (χ4n) is 8.18. The van der Waals surface area contributed by atoms with Crippen LogP contribution in [0, 0.1) is 46.8 Å². The molecule has 1 N–H and O–H groups in total. The Hall–Kier alpha value is -0.0800. The largest absolute Gasteiger partial charge is 0.252 e. The average molecular weight is 421 g/mol. The molecule has 8 atom stereocenters. The van der Waals surface area contributed by atoms with Crippen molar-refractivity contribution < 1.29 is 10.1 Å². The van der Waals surface area contributed by atoms with Gasteiger partial charge in [0.15, 0.2) is 0 Å². The summed E-state index contributed by atoms with van der Waals surface area (Å²) >= 11 is 0. The highest BCUT2D eigenvalue weighted by atomic mass is 17.1. The van der Waals surface area contributed by atoms with Crippen molar-refractivity contribution >= 4 is 0 Å². The van der Waals surface area contributed by atoms with Crippen molar-refractivity contribution in [2.24, 2.45) is 46.8 Å². The first-order chi connectivity index (χ1) is 14.4. The Morgan fingerprint density at radius 2 is 1.80 bits per heavy atom. The third-order valence-electron chi connectivity index (χ3n) is 10.2. The Kier molecular flexibility index (Phi) is 9.15. The molecule has 0 aliphatic heterocycles. The van der Waals surface area contributed by atoms with E-state index < -0.39 is 0 Å². The lowest BCUT2D eigenvalue weighted by molar-refractivity contribution is -0.295. The molecule has 0 amide bonds. The molecule has 30 heavy (non-hydrogen) atoms. The molecule has 3 aliphatic carbocycles. The van der Waals surface area contributed by atoms with Crippen molar-refractivity contribution in [3.63, 3.8) is 0 Å². The molecule has 0 aromatic rings. The topological polar surface area (TPSA) is 29.5 Å². The first-order valence-corrected chi connectivity index (χ1v) is 13.7. The summed E-state index contributed by atoms with van der Waals surface area (Å²) in [6.45, 7) is 12.3. The van der Waals surface area contributed by atoms with Crippen LogP contribution in [0.4, 0.5) is 0 Å². The van der Waals surface area contributed by atoms with Crippen LogP contribution in [0.1, 0.15) is 125 Å². The van der Waals surface area contributed by atoms with Crippen LogP contribution in [-0.4, -0.2) is 11.4 Å². The summed E-state index contributed by atoms with van der Waals surface area (Å²) in [5.74, 6) is 6.33. The minimum absolute atomic E-state index is 0.0986. The van der Waals surface area contributed by atoms with Crippen LogP contribution in [0.25, 0.3) is 0 Å². The van der Waals surface area contributed by atoms with Crippen molar-refractivity contribution in [2.45, 2.75) is 131 Å². The molecule has 3 fully saturated rings. The SMILES string of the molecule is CC[C@H](CC[C@@H]1CCC[C@H]2[C@H]1CCC1C[C@@H](OO)CC[C@@]12C)[C@H](C)CCCC(C)C. The van der Waals surface area contributed by atoms with E-state index in [-0.39, 0.29) is 6.10 Å². The van der Waals surface area contributed by atoms with Gasteiger partial charge < -0.3 is 0 Å². The van der Waals surface area contributed by atoms with Gasteiger partial charge in [-0.25, -0.2) is 4.89 Å². The van der Waals surface area contributed by atoms with E-state index in [1.54, 1.807) is 0 Å². The highest BCUT2D eigenvalue weighted by Gasteiger charge is 2.53. The van der Waals surface area contributed by atoms with Gasteiger partial charge in [0.1, 0.15) is 0 Å². The Bertz CT molecular complexity index is 503. The monoisotopic (exact) mass is 420 g/mol. The predicted octanol–water partition coefficient (Wildman–Crippen LogP) is 8.75. The second-order valence-electron chi connectivity index (χ2n) is 12.3. The molecule has 0 saturated heterocycles. The van der Waals surface area contributed by atoms with Crippen LogP contribution in [0.5, 0.6) is 0 Å². The molecule has 176 valence electrons. The average Bonchev–Trinajstić information content (AvgIpc) is 2.73. The van der Waals surface area contributed by atoms with Crippen molar-refractivity contribution in [3.05, 3.63) is 0 Å². The third-order valence-corrected chi connectivity index (χ3v) is 10.2. The van der Waals surface area contributed by atoms with Crippen molar-refractivity contribution in [2.75, 3.05) is 0 Å². The zero-order chi connectivity index (χ0) is 21.7. The summed E-state index contributed by atoms with van der Waals surface area (Å²) in [6.07, 6.45) is 19.3. The Morgan fingerprint density at radius 3 is 2.50 bits per heavy atom. The molecule has 1 unspecified atom stereocenters. The maximum atomic E-state index is 9.21.